The maximum Gasteiger partial charge on any atom is 0.170 e. The summed E-state index contributed by atoms with van der Waals surface area (Å²) in [6.45, 7) is 0.722. The SMILES string of the molecule is N#Cc1c(-c2cc(Cl)cc(Cl)c2)nc2n(c1=N)CCCS2. The third kappa shape index (κ3) is 2.67. The van der Waals surface area contributed by atoms with Gasteiger partial charge in [0.25, 0.3) is 0 Å². The molecule has 21 heavy (non-hydrogen) atoms. The molecule has 0 radical (unpaired) electrons. The van der Waals surface area contributed by atoms with Gasteiger partial charge in [0.2, 0.25) is 0 Å². The van der Waals surface area contributed by atoms with Crippen molar-refractivity contribution in [3.05, 3.63) is 39.3 Å². The van der Waals surface area contributed by atoms with E-state index in [9.17, 15) is 5.26 Å². The lowest BCUT2D eigenvalue weighted by molar-refractivity contribution is 0.549. The summed E-state index contributed by atoms with van der Waals surface area (Å²) in [5.74, 6) is 0.966. The van der Waals surface area contributed by atoms with Crippen LogP contribution in [-0.2, 0) is 6.54 Å². The number of nitriles is 1. The molecule has 2 aromatic rings. The first kappa shape index (κ1) is 14.5. The average Bonchev–Trinajstić information content (AvgIpc) is 2.46. The monoisotopic (exact) mass is 336 g/mol. The number of hydrogen-bond acceptors (Lipinski definition) is 4. The van der Waals surface area contributed by atoms with E-state index in [1.54, 1.807) is 34.5 Å². The van der Waals surface area contributed by atoms with Crippen LogP contribution >= 0.6 is 35.0 Å². The number of benzene rings is 1. The van der Waals surface area contributed by atoms with Crippen LogP contribution in [0.15, 0.2) is 23.4 Å². The van der Waals surface area contributed by atoms with Crippen LogP contribution in [0, 0.1) is 16.7 Å². The van der Waals surface area contributed by atoms with E-state index in [2.05, 4.69) is 11.1 Å². The Morgan fingerprint density at radius 2 is 2.00 bits per heavy atom. The smallest absolute Gasteiger partial charge is 0.170 e. The van der Waals surface area contributed by atoms with E-state index in [1.807, 2.05) is 0 Å². The van der Waals surface area contributed by atoms with Crippen molar-refractivity contribution >= 4 is 35.0 Å². The van der Waals surface area contributed by atoms with Gasteiger partial charge in [0.1, 0.15) is 17.1 Å². The summed E-state index contributed by atoms with van der Waals surface area (Å²) in [6, 6.07) is 7.13. The zero-order chi connectivity index (χ0) is 15.0. The molecule has 1 aromatic heterocycles. The summed E-state index contributed by atoms with van der Waals surface area (Å²) in [4.78, 5) is 4.56. The van der Waals surface area contributed by atoms with Gasteiger partial charge in [-0.15, -0.1) is 0 Å². The number of rotatable bonds is 1. The molecule has 0 amide bonds. The second kappa shape index (κ2) is 5.72. The maximum absolute atomic E-state index is 9.40. The molecule has 1 aliphatic rings. The molecule has 0 saturated heterocycles. The van der Waals surface area contributed by atoms with Crippen LogP contribution in [0.3, 0.4) is 0 Å². The third-order valence-corrected chi connectivity index (χ3v) is 4.69. The van der Waals surface area contributed by atoms with Gasteiger partial charge < -0.3 is 4.57 Å². The van der Waals surface area contributed by atoms with Crippen LogP contribution in [-0.4, -0.2) is 15.3 Å². The van der Waals surface area contributed by atoms with Crippen molar-refractivity contribution in [2.24, 2.45) is 0 Å². The van der Waals surface area contributed by atoms with E-state index >= 15 is 0 Å². The molecule has 0 fully saturated rings. The molecular formula is C14H10Cl2N4S. The molecule has 2 heterocycles. The topological polar surface area (TPSA) is 65.5 Å². The number of halogens is 2. The summed E-state index contributed by atoms with van der Waals surface area (Å²) in [5, 5.41) is 19.4. The van der Waals surface area contributed by atoms with Gasteiger partial charge in [0.15, 0.2) is 5.16 Å². The maximum atomic E-state index is 9.40. The predicted octanol–water partition coefficient (Wildman–Crippen LogP) is 3.70. The molecule has 1 aromatic carbocycles. The molecule has 0 saturated carbocycles. The Kier molecular flexibility index (Phi) is 3.94. The summed E-state index contributed by atoms with van der Waals surface area (Å²) in [6.07, 6.45) is 0.975. The third-order valence-electron chi connectivity index (χ3n) is 3.19. The summed E-state index contributed by atoms with van der Waals surface area (Å²) in [5.41, 5.74) is 1.57. The molecule has 106 valence electrons. The molecule has 1 N–H and O–H groups in total. The van der Waals surface area contributed by atoms with Gasteiger partial charge in [0.05, 0.1) is 5.69 Å². The van der Waals surface area contributed by atoms with Crippen molar-refractivity contribution in [2.45, 2.75) is 18.1 Å². The van der Waals surface area contributed by atoms with Gasteiger partial charge in [-0.1, -0.05) is 35.0 Å². The first-order valence-electron chi connectivity index (χ1n) is 6.29. The van der Waals surface area contributed by atoms with E-state index in [0.717, 1.165) is 23.9 Å². The van der Waals surface area contributed by atoms with Crippen molar-refractivity contribution in [1.82, 2.24) is 9.55 Å². The van der Waals surface area contributed by atoms with E-state index in [4.69, 9.17) is 28.6 Å². The minimum absolute atomic E-state index is 0.195. The number of nitrogens with one attached hydrogen (secondary N) is 1. The quantitative estimate of drug-likeness (QED) is 0.807. The molecule has 3 rings (SSSR count). The fraction of sp³-hybridized carbons (Fsp3) is 0.214. The normalized spacial score (nSPS) is 13.6. The lowest BCUT2D eigenvalue weighted by Crippen LogP contribution is -2.29. The first-order valence-corrected chi connectivity index (χ1v) is 8.03. The fourth-order valence-electron chi connectivity index (χ4n) is 2.26. The minimum Gasteiger partial charge on any atom is -0.305 e. The lowest BCUT2D eigenvalue weighted by Gasteiger charge is -2.19. The van der Waals surface area contributed by atoms with E-state index in [0.29, 0.717) is 21.3 Å². The van der Waals surface area contributed by atoms with Gasteiger partial charge in [0, 0.05) is 27.9 Å². The highest BCUT2D eigenvalue weighted by atomic mass is 35.5. The largest absolute Gasteiger partial charge is 0.305 e. The number of fused-ring (bicyclic) bond motifs is 1. The van der Waals surface area contributed by atoms with Gasteiger partial charge in [-0.2, -0.15) is 5.26 Å². The summed E-state index contributed by atoms with van der Waals surface area (Å²) >= 11 is 13.6. The van der Waals surface area contributed by atoms with Gasteiger partial charge >= 0.3 is 0 Å². The van der Waals surface area contributed by atoms with Crippen LogP contribution in [0.4, 0.5) is 0 Å². The van der Waals surface area contributed by atoms with Crippen molar-refractivity contribution in [3.8, 4) is 17.3 Å². The van der Waals surface area contributed by atoms with Crippen molar-refractivity contribution in [3.63, 3.8) is 0 Å². The highest BCUT2D eigenvalue weighted by molar-refractivity contribution is 7.99. The van der Waals surface area contributed by atoms with Crippen LogP contribution in [0.1, 0.15) is 12.0 Å². The predicted molar refractivity (Wildman–Crippen MR) is 83.6 cm³/mol. The number of nitrogens with zero attached hydrogens (tertiary/aromatic N) is 3. The number of hydrogen-bond donors (Lipinski definition) is 1. The molecule has 0 spiro atoms. The van der Waals surface area contributed by atoms with E-state index in [1.165, 1.54) is 0 Å². The average molecular weight is 337 g/mol. The lowest BCUT2D eigenvalue weighted by atomic mass is 10.1. The second-order valence-electron chi connectivity index (χ2n) is 4.59. The Balaban J connectivity index is 2.30. The highest BCUT2D eigenvalue weighted by Crippen LogP contribution is 2.30. The second-order valence-corrected chi connectivity index (χ2v) is 6.53. The van der Waals surface area contributed by atoms with Gasteiger partial charge in [-0.25, -0.2) is 4.98 Å². The molecule has 0 aliphatic carbocycles. The highest BCUT2D eigenvalue weighted by Gasteiger charge is 2.19. The molecule has 0 unspecified atom stereocenters. The van der Waals surface area contributed by atoms with Gasteiger partial charge in [-0.3, -0.25) is 5.41 Å². The van der Waals surface area contributed by atoms with Crippen LogP contribution in [0.25, 0.3) is 11.3 Å². The Labute approximate surface area is 135 Å². The van der Waals surface area contributed by atoms with Crippen molar-refractivity contribution in [2.75, 3.05) is 5.75 Å². The van der Waals surface area contributed by atoms with Crippen LogP contribution in [0.5, 0.6) is 0 Å². The van der Waals surface area contributed by atoms with Crippen LogP contribution < -0.4 is 5.49 Å². The molecule has 4 nitrogen and oxygen atoms in total. The molecular weight excluding hydrogens is 327 g/mol. The summed E-state index contributed by atoms with van der Waals surface area (Å²) in [7, 11) is 0. The molecule has 0 bridgehead atoms. The van der Waals surface area contributed by atoms with Crippen LogP contribution in [0.2, 0.25) is 10.0 Å². The molecule has 1 aliphatic heterocycles. The van der Waals surface area contributed by atoms with Crippen molar-refractivity contribution in [1.29, 1.82) is 10.7 Å². The number of aromatic nitrogens is 2. The minimum atomic E-state index is 0.195. The Hall–Kier alpha value is -1.48. The first-order chi connectivity index (χ1) is 10.1. The molecule has 0 atom stereocenters. The Morgan fingerprint density at radius 1 is 1.29 bits per heavy atom. The zero-order valence-corrected chi connectivity index (χ0v) is 13.2. The van der Waals surface area contributed by atoms with E-state index < -0.39 is 0 Å². The standard InChI is InChI=1S/C14H10Cl2N4S/c15-9-4-8(5-10(16)6-9)12-11(7-17)13(18)20-2-1-3-21-14(20)19-12/h4-6,18H,1-3H2. The summed E-state index contributed by atoms with van der Waals surface area (Å²) < 4.78 is 1.78. The van der Waals surface area contributed by atoms with Gasteiger partial charge in [-0.05, 0) is 24.6 Å². The number of thioether (sulfide) groups is 1. The zero-order valence-electron chi connectivity index (χ0n) is 10.9. The van der Waals surface area contributed by atoms with E-state index in [-0.39, 0.29) is 11.1 Å². The Bertz CT molecular complexity index is 803. The van der Waals surface area contributed by atoms with Crippen molar-refractivity contribution < 1.29 is 0 Å². The molecule has 7 heteroatoms. The Morgan fingerprint density at radius 3 is 2.67 bits per heavy atom. The fourth-order valence-corrected chi connectivity index (χ4v) is 3.74.